The number of carbonyl (C=O) groups excluding carboxylic acids is 1. The van der Waals surface area contributed by atoms with Gasteiger partial charge in [0.05, 0.1) is 0 Å². The summed E-state index contributed by atoms with van der Waals surface area (Å²) < 4.78 is 0. The molecule has 0 bridgehead atoms. The van der Waals surface area contributed by atoms with Gasteiger partial charge in [-0.1, -0.05) is 19.3 Å². The molecule has 0 aromatic carbocycles. The van der Waals surface area contributed by atoms with Gasteiger partial charge in [0.1, 0.15) is 0 Å². The maximum Gasteiger partial charge on any atom is 0.329 e. The average Bonchev–Trinajstić information content (AvgIpc) is 2.18. The summed E-state index contributed by atoms with van der Waals surface area (Å²) in [4.78, 5) is 21.3. The SMILES string of the molecule is O=C(O)/C=C/NC(=O)NC1CCCCC1. The largest absolute Gasteiger partial charge is 0.478 e. The van der Waals surface area contributed by atoms with Crippen molar-refractivity contribution in [1.82, 2.24) is 10.6 Å². The lowest BCUT2D eigenvalue weighted by Crippen LogP contribution is -2.41. The second kappa shape index (κ2) is 6.06. The fraction of sp³-hybridized carbons (Fsp3) is 0.600. The van der Waals surface area contributed by atoms with Gasteiger partial charge in [0.15, 0.2) is 0 Å². The minimum absolute atomic E-state index is 0.233. The van der Waals surface area contributed by atoms with Crippen molar-refractivity contribution in [3.05, 3.63) is 12.3 Å². The Labute approximate surface area is 88.5 Å². The number of carboxylic acids is 1. The van der Waals surface area contributed by atoms with Crippen LogP contribution in [0.4, 0.5) is 4.79 Å². The molecular weight excluding hydrogens is 196 g/mol. The van der Waals surface area contributed by atoms with Crippen molar-refractivity contribution in [3.8, 4) is 0 Å². The molecule has 1 aliphatic carbocycles. The van der Waals surface area contributed by atoms with E-state index in [-0.39, 0.29) is 12.1 Å². The molecule has 0 aromatic rings. The lowest BCUT2D eigenvalue weighted by molar-refractivity contribution is -0.131. The topological polar surface area (TPSA) is 78.4 Å². The minimum atomic E-state index is -1.08. The lowest BCUT2D eigenvalue weighted by atomic mass is 9.96. The van der Waals surface area contributed by atoms with Crippen LogP contribution in [0.25, 0.3) is 0 Å². The summed E-state index contributed by atoms with van der Waals surface area (Å²) >= 11 is 0. The van der Waals surface area contributed by atoms with E-state index in [9.17, 15) is 9.59 Å². The zero-order valence-electron chi connectivity index (χ0n) is 8.53. The van der Waals surface area contributed by atoms with E-state index in [1.165, 1.54) is 6.42 Å². The molecule has 0 aromatic heterocycles. The van der Waals surface area contributed by atoms with Crippen molar-refractivity contribution in [3.63, 3.8) is 0 Å². The van der Waals surface area contributed by atoms with Crippen LogP contribution >= 0.6 is 0 Å². The smallest absolute Gasteiger partial charge is 0.329 e. The molecule has 5 nitrogen and oxygen atoms in total. The summed E-state index contributed by atoms with van der Waals surface area (Å²) in [5.74, 6) is -1.08. The number of carbonyl (C=O) groups is 2. The minimum Gasteiger partial charge on any atom is -0.478 e. The van der Waals surface area contributed by atoms with Crippen LogP contribution in [0.5, 0.6) is 0 Å². The molecule has 1 saturated carbocycles. The third kappa shape index (κ3) is 5.05. The van der Waals surface area contributed by atoms with E-state index in [0.29, 0.717) is 0 Å². The monoisotopic (exact) mass is 212 g/mol. The fourth-order valence-electron chi connectivity index (χ4n) is 1.66. The van der Waals surface area contributed by atoms with Gasteiger partial charge in [-0.05, 0) is 12.8 Å². The van der Waals surface area contributed by atoms with E-state index in [0.717, 1.165) is 38.0 Å². The van der Waals surface area contributed by atoms with Crippen LogP contribution in [-0.4, -0.2) is 23.1 Å². The van der Waals surface area contributed by atoms with E-state index in [4.69, 9.17) is 5.11 Å². The second-order valence-electron chi connectivity index (χ2n) is 3.62. The highest BCUT2D eigenvalue weighted by molar-refractivity contribution is 5.81. The molecule has 0 atom stereocenters. The number of hydrogen-bond donors (Lipinski definition) is 3. The van der Waals surface area contributed by atoms with Gasteiger partial charge in [-0.25, -0.2) is 9.59 Å². The van der Waals surface area contributed by atoms with Crippen molar-refractivity contribution in [2.24, 2.45) is 0 Å². The molecule has 0 radical (unpaired) electrons. The van der Waals surface area contributed by atoms with Gasteiger partial charge in [-0.3, -0.25) is 0 Å². The molecule has 0 spiro atoms. The quantitative estimate of drug-likeness (QED) is 0.615. The van der Waals surface area contributed by atoms with E-state index in [1.54, 1.807) is 0 Å². The Kier molecular flexibility index (Phi) is 4.66. The molecule has 1 aliphatic rings. The molecule has 0 saturated heterocycles. The number of nitrogens with one attached hydrogen (secondary N) is 2. The highest BCUT2D eigenvalue weighted by Gasteiger charge is 2.14. The third-order valence-corrected chi connectivity index (χ3v) is 2.38. The summed E-state index contributed by atoms with van der Waals surface area (Å²) in [6, 6.07) is -0.101. The molecule has 1 fully saturated rings. The Morgan fingerprint density at radius 2 is 1.87 bits per heavy atom. The normalized spacial score (nSPS) is 17.6. The van der Waals surface area contributed by atoms with Crippen LogP contribution in [0.15, 0.2) is 12.3 Å². The Hall–Kier alpha value is -1.52. The molecule has 0 unspecified atom stereocenters. The van der Waals surface area contributed by atoms with Crippen LogP contribution in [0.3, 0.4) is 0 Å². The molecule has 0 aliphatic heterocycles. The first-order valence-corrected chi connectivity index (χ1v) is 5.15. The van der Waals surface area contributed by atoms with Gasteiger partial charge in [-0.15, -0.1) is 0 Å². The Balaban J connectivity index is 2.20. The summed E-state index contributed by atoms with van der Waals surface area (Å²) in [6.07, 6.45) is 7.57. The number of carboxylic acid groups (broad SMARTS) is 1. The summed E-state index contributed by atoms with van der Waals surface area (Å²) in [5, 5.41) is 13.4. The first-order valence-electron chi connectivity index (χ1n) is 5.15. The van der Waals surface area contributed by atoms with Gasteiger partial charge >= 0.3 is 12.0 Å². The molecule has 2 amide bonds. The molecule has 5 heteroatoms. The predicted molar refractivity (Wildman–Crippen MR) is 55.3 cm³/mol. The van der Waals surface area contributed by atoms with Crippen LogP contribution in [-0.2, 0) is 4.79 Å². The van der Waals surface area contributed by atoms with E-state index in [1.807, 2.05) is 0 Å². The summed E-state index contributed by atoms with van der Waals surface area (Å²) in [6.45, 7) is 0. The number of hydrogen-bond acceptors (Lipinski definition) is 2. The fourth-order valence-corrected chi connectivity index (χ4v) is 1.66. The van der Waals surface area contributed by atoms with Crippen molar-refractivity contribution < 1.29 is 14.7 Å². The van der Waals surface area contributed by atoms with Crippen molar-refractivity contribution in [1.29, 1.82) is 0 Å². The van der Waals surface area contributed by atoms with Crippen LogP contribution < -0.4 is 10.6 Å². The molecular formula is C10H16N2O3. The molecule has 0 heterocycles. The number of rotatable bonds is 3. The van der Waals surface area contributed by atoms with Crippen molar-refractivity contribution >= 4 is 12.0 Å². The zero-order valence-corrected chi connectivity index (χ0v) is 8.53. The van der Waals surface area contributed by atoms with Gasteiger partial charge < -0.3 is 15.7 Å². The number of urea groups is 1. The van der Waals surface area contributed by atoms with E-state index >= 15 is 0 Å². The molecule has 15 heavy (non-hydrogen) atoms. The Morgan fingerprint density at radius 1 is 1.20 bits per heavy atom. The Morgan fingerprint density at radius 3 is 2.47 bits per heavy atom. The van der Waals surface area contributed by atoms with E-state index in [2.05, 4.69) is 10.6 Å². The van der Waals surface area contributed by atoms with Crippen molar-refractivity contribution in [2.75, 3.05) is 0 Å². The zero-order chi connectivity index (χ0) is 11.1. The molecule has 84 valence electrons. The summed E-state index contributed by atoms with van der Waals surface area (Å²) in [7, 11) is 0. The maximum atomic E-state index is 11.2. The summed E-state index contributed by atoms with van der Waals surface area (Å²) in [5.41, 5.74) is 0. The highest BCUT2D eigenvalue weighted by atomic mass is 16.4. The van der Waals surface area contributed by atoms with Crippen molar-refractivity contribution in [2.45, 2.75) is 38.1 Å². The third-order valence-electron chi connectivity index (χ3n) is 2.38. The average molecular weight is 212 g/mol. The lowest BCUT2D eigenvalue weighted by Gasteiger charge is -2.22. The second-order valence-corrected chi connectivity index (χ2v) is 3.62. The number of aliphatic carboxylic acids is 1. The standard InChI is InChI=1S/C10H16N2O3/c13-9(14)6-7-11-10(15)12-8-4-2-1-3-5-8/h6-8H,1-5H2,(H,13,14)(H2,11,12,15)/b7-6+. The van der Waals surface area contributed by atoms with Gasteiger partial charge in [-0.2, -0.15) is 0 Å². The van der Waals surface area contributed by atoms with Gasteiger partial charge in [0.25, 0.3) is 0 Å². The molecule has 3 N–H and O–H groups in total. The first kappa shape index (κ1) is 11.6. The van der Waals surface area contributed by atoms with E-state index < -0.39 is 5.97 Å². The maximum absolute atomic E-state index is 11.2. The first-order chi connectivity index (χ1) is 7.18. The number of amides is 2. The van der Waals surface area contributed by atoms with Gasteiger partial charge in [0.2, 0.25) is 0 Å². The molecule has 1 rings (SSSR count). The predicted octanol–water partition coefficient (Wildman–Crippen LogP) is 1.22. The van der Waals surface area contributed by atoms with Crippen LogP contribution in [0, 0.1) is 0 Å². The highest BCUT2D eigenvalue weighted by Crippen LogP contribution is 2.16. The van der Waals surface area contributed by atoms with Gasteiger partial charge in [0, 0.05) is 18.3 Å². The Bertz CT molecular complexity index is 257. The van der Waals surface area contributed by atoms with Crippen LogP contribution in [0.1, 0.15) is 32.1 Å². The van der Waals surface area contributed by atoms with Crippen LogP contribution in [0.2, 0.25) is 0 Å².